The van der Waals surface area contributed by atoms with Crippen LogP contribution in [-0.2, 0) is 0 Å². The second-order valence-electron chi connectivity index (χ2n) is 5.07. The molecule has 19 heavy (non-hydrogen) atoms. The summed E-state index contributed by atoms with van der Waals surface area (Å²) in [5, 5.41) is 4.22. The fraction of sp³-hybridized carbons (Fsp3) is 0.429. The van der Waals surface area contributed by atoms with Crippen molar-refractivity contribution in [3.8, 4) is 0 Å². The predicted molar refractivity (Wildman–Crippen MR) is 72.9 cm³/mol. The first-order chi connectivity index (χ1) is 9.25. The molecule has 3 rings (SSSR count). The third-order valence-electron chi connectivity index (χ3n) is 3.72. The normalized spacial score (nSPS) is 20.5. The molecule has 0 aromatic carbocycles. The van der Waals surface area contributed by atoms with Crippen molar-refractivity contribution in [3.05, 3.63) is 36.2 Å². The first kappa shape index (κ1) is 12.2. The lowest BCUT2D eigenvalue weighted by atomic mass is 10.1. The Kier molecular flexibility index (Phi) is 3.21. The molecule has 100 valence electrons. The largest absolute Gasteiger partial charge is 0.338 e. The zero-order chi connectivity index (χ0) is 13.2. The van der Waals surface area contributed by atoms with E-state index in [2.05, 4.69) is 5.10 Å². The number of amides is 1. The van der Waals surface area contributed by atoms with Gasteiger partial charge in [-0.2, -0.15) is 5.10 Å². The van der Waals surface area contributed by atoms with Gasteiger partial charge in [0.05, 0.1) is 17.3 Å². The van der Waals surface area contributed by atoms with Crippen molar-refractivity contribution in [1.82, 2.24) is 14.5 Å². The van der Waals surface area contributed by atoms with E-state index in [1.54, 1.807) is 10.7 Å². The first-order valence-corrected chi connectivity index (χ1v) is 6.73. The van der Waals surface area contributed by atoms with Gasteiger partial charge in [0.15, 0.2) is 0 Å². The van der Waals surface area contributed by atoms with Gasteiger partial charge < -0.3 is 10.6 Å². The Balaban J connectivity index is 1.87. The summed E-state index contributed by atoms with van der Waals surface area (Å²) in [5.41, 5.74) is 7.49. The molecular formula is C14H18N4O. The first-order valence-electron chi connectivity index (χ1n) is 6.73. The van der Waals surface area contributed by atoms with E-state index >= 15 is 0 Å². The van der Waals surface area contributed by atoms with Crippen LogP contribution in [0.1, 0.15) is 29.6 Å². The Morgan fingerprint density at radius 2 is 2.21 bits per heavy atom. The van der Waals surface area contributed by atoms with Crippen molar-refractivity contribution >= 4 is 11.4 Å². The second kappa shape index (κ2) is 5.01. The van der Waals surface area contributed by atoms with Crippen molar-refractivity contribution in [2.45, 2.75) is 25.3 Å². The monoisotopic (exact) mass is 258 g/mol. The number of likely N-dealkylation sites (tertiary alicyclic amines) is 1. The summed E-state index contributed by atoms with van der Waals surface area (Å²) in [6.07, 6.45) is 6.36. The van der Waals surface area contributed by atoms with Gasteiger partial charge in [-0.05, 0) is 31.4 Å². The highest BCUT2D eigenvalue weighted by molar-refractivity contribution is 6.00. The van der Waals surface area contributed by atoms with Crippen LogP contribution >= 0.6 is 0 Å². The second-order valence-corrected chi connectivity index (χ2v) is 5.07. The summed E-state index contributed by atoms with van der Waals surface area (Å²) in [7, 11) is 0. The lowest BCUT2D eigenvalue weighted by Gasteiger charge is -2.19. The summed E-state index contributed by atoms with van der Waals surface area (Å²) < 4.78 is 1.73. The Morgan fingerprint density at radius 3 is 3.11 bits per heavy atom. The highest BCUT2D eigenvalue weighted by Crippen LogP contribution is 2.16. The third-order valence-corrected chi connectivity index (χ3v) is 3.72. The smallest absolute Gasteiger partial charge is 0.257 e. The van der Waals surface area contributed by atoms with Crippen molar-refractivity contribution in [2.75, 3.05) is 13.1 Å². The van der Waals surface area contributed by atoms with Gasteiger partial charge in [0.1, 0.15) is 0 Å². The van der Waals surface area contributed by atoms with Crippen LogP contribution in [0.4, 0.5) is 0 Å². The van der Waals surface area contributed by atoms with E-state index in [1.165, 1.54) is 0 Å². The maximum Gasteiger partial charge on any atom is 0.257 e. The molecule has 0 spiro atoms. The Morgan fingerprint density at radius 1 is 1.32 bits per heavy atom. The minimum atomic E-state index is 0.0651. The molecule has 0 bridgehead atoms. The average molecular weight is 258 g/mol. The fourth-order valence-electron chi connectivity index (χ4n) is 2.59. The number of rotatable bonds is 1. The van der Waals surface area contributed by atoms with Gasteiger partial charge in [0, 0.05) is 25.3 Å². The lowest BCUT2D eigenvalue weighted by Crippen LogP contribution is -2.32. The minimum absolute atomic E-state index is 0.0651. The Bertz CT molecular complexity index is 592. The quantitative estimate of drug-likeness (QED) is 0.838. The Labute approximate surface area is 112 Å². The highest BCUT2D eigenvalue weighted by Gasteiger charge is 2.22. The fourth-order valence-corrected chi connectivity index (χ4v) is 2.59. The number of pyridine rings is 1. The van der Waals surface area contributed by atoms with E-state index in [9.17, 15) is 4.79 Å². The van der Waals surface area contributed by atoms with Crippen LogP contribution in [0.2, 0.25) is 0 Å². The van der Waals surface area contributed by atoms with Crippen LogP contribution in [0.15, 0.2) is 30.6 Å². The number of aromatic nitrogens is 2. The molecule has 0 radical (unpaired) electrons. The molecule has 5 heteroatoms. The molecule has 1 atom stereocenters. The molecule has 1 amide bonds. The topological polar surface area (TPSA) is 63.6 Å². The number of hydrogen-bond acceptors (Lipinski definition) is 3. The van der Waals surface area contributed by atoms with E-state index in [-0.39, 0.29) is 11.9 Å². The standard InChI is InChI=1S/C14H18N4O/c15-11-4-3-7-17(9-6-11)14(19)12-10-16-18-8-2-1-5-13(12)18/h1-2,5,8,10-11H,3-4,6-7,9,15H2. The zero-order valence-corrected chi connectivity index (χ0v) is 10.8. The number of carbonyl (C=O) groups is 1. The molecule has 2 N–H and O–H groups in total. The number of nitrogens with zero attached hydrogens (tertiary/aromatic N) is 3. The van der Waals surface area contributed by atoms with Gasteiger partial charge in [-0.15, -0.1) is 0 Å². The molecule has 0 saturated carbocycles. The molecular weight excluding hydrogens is 240 g/mol. The highest BCUT2D eigenvalue weighted by atomic mass is 16.2. The van der Waals surface area contributed by atoms with Crippen LogP contribution < -0.4 is 5.73 Å². The number of fused-ring (bicyclic) bond motifs is 1. The van der Waals surface area contributed by atoms with Crippen LogP contribution in [-0.4, -0.2) is 39.6 Å². The van der Waals surface area contributed by atoms with E-state index < -0.39 is 0 Å². The minimum Gasteiger partial charge on any atom is -0.338 e. The van der Waals surface area contributed by atoms with E-state index in [1.807, 2.05) is 29.3 Å². The maximum absolute atomic E-state index is 12.6. The lowest BCUT2D eigenvalue weighted by molar-refractivity contribution is 0.0763. The van der Waals surface area contributed by atoms with Crippen molar-refractivity contribution in [2.24, 2.45) is 5.73 Å². The molecule has 5 nitrogen and oxygen atoms in total. The van der Waals surface area contributed by atoms with Gasteiger partial charge in [-0.3, -0.25) is 4.79 Å². The van der Waals surface area contributed by atoms with Crippen LogP contribution in [0.5, 0.6) is 0 Å². The maximum atomic E-state index is 12.6. The predicted octanol–water partition coefficient (Wildman–Crippen LogP) is 1.29. The van der Waals surface area contributed by atoms with Gasteiger partial charge in [0.25, 0.3) is 5.91 Å². The SMILES string of the molecule is NC1CCCN(C(=O)c2cnn3ccccc23)CC1. The molecule has 3 heterocycles. The summed E-state index contributed by atoms with van der Waals surface area (Å²) in [6, 6.07) is 5.97. The van der Waals surface area contributed by atoms with Crippen molar-refractivity contribution < 1.29 is 4.79 Å². The van der Waals surface area contributed by atoms with E-state index in [0.717, 1.165) is 37.9 Å². The summed E-state index contributed by atoms with van der Waals surface area (Å²) >= 11 is 0. The van der Waals surface area contributed by atoms with Gasteiger partial charge in [-0.1, -0.05) is 6.07 Å². The zero-order valence-electron chi connectivity index (χ0n) is 10.8. The van der Waals surface area contributed by atoms with Gasteiger partial charge in [0.2, 0.25) is 0 Å². The van der Waals surface area contributed by atoms with Crippen LogP contribution in [0.25, 0.3) is 5.52 Å². The molecule has 1 aliphatic rings. The average Bonchev–Trinajstić information content (AvgIpc) is 2.74. The molecule has 1 saturated heterocycles. The van der Waals surface area contributed by atoms with Crippen molar-refractivity contribution in [3.63, 3.8) is 0 Å². The Hall–Kier alpha value is -1.88. The number of nitrogens with two attached hydrogens (primary N) is 1. The molecule has 2 aromatic heterocycles. The summed E-state index contributed by atoms with van der Waals surface area (Å²) in [6.45, 7) is 1.53. The third kappa shape index (κ3) is 2.33. The number of carbonyl (C=O) groups excluding carboxylic acids is 1. The van der Waals surface area contributed by atoms with E-state index in [4.69, 9.17) is 5.73 Å². The summed E-state index contributed by atoms with van der Waals surface area (Å²) in [5.74, 6) is 0.0651. The molecule has 1 fully saturated rings. The van der Waals surface area contributed by atoms with Crippen LogP contribution in [0, 0.1) is 0 Å². The summed E-state index contributed by atoms with van der Waals surface area (Å²) in [4.78, 5) is 14.5. The van der Waals surface area contributed by atoms with E-state index in [0.29, 0.717) is 5.56 Å². The van der Waals surface area contributed by atoms with Gasteiger partial charge >= 0.3 is 0 Å². The molecule has 2 aromatic rings. The number of hydrogen-bond donors (Lipinski definition) is 1. The van der Waals surface area contributed by atoms with Crippen molar-refractivity contribution in [1.29, 1.82) is 0 Å². The van der Waals surface area contributed by atoms with Gasteiger partial charge in [-0.25, -0.2) is 4.52 Å². The molecule has 1 aliphatic heterocycles. The molecule has 1 unspecified atom stereocenters. The van der Waals surface area contributed by atoms with Crippen LogP contribution in [0.3, 0.4) is 0 Å². The molecule has 0 aliphatic carbocycles.